The summed E-state index contributed by atoms with van der Waals surface area (Å²) in [5, 5.41) is 0. The van der Waals surface area contributed by atoms with Gasteiger partial charge < -0.3 is 4.74 Å². The second kappa shape index (κ2) is 3.99. The van der Waals surface area contributed by atoms with Gasteiger partial charge in [-0.05, 0) is 24.8 Å². The molecule has 0 radical (unpaired) electrons. The lowest BCUT2D eigenvalue weighted by Gasteiger charge is -2.10. The number of rotatable bonds is 3. The first kappa shape index (κ1) is 9.50. The Morgan fingerprint density at radius 2 is 2.43 bits per heavy atom. The molecule has 0 amide bonds. The molecule has 1 aliphatic carbocycles. The quantitative estimate of drug-likeness (QED) is 0.507. The van der Waals surface area contributed by atoms with E-state index in [4.69, 9.17) is 4.74 Å². The zero-order chi connectivity index (χ0) is 9.97. The third-order valence-corrected chi connectivity index (χ3v) is 2.88. The van der Waals surface area contributed by atoms with Gasteiger partial charge in [0.1, 0.15) is 5.76 Å². The first-order valence-corrected chi connectivity index (χ1v) is 5.43. The summed E-state index contributed by atoms with van der Waals surface area (Å²) in [5.41, 5.74) is 1.24. The highest BCUT2D eigenvalue weighted by molar-refractivity contribution is 5.82. The molecule has 0 N–H and O–H groups in total. The van der Waals surface area contributed by atoms with E-state index in [1.165, 1.54) is 5.57 Å². The highest BCUT2D eigenvalue weighted by atomic mass is 16.5. The van der Waals surface area contributed by atoms with E-state index < -0.39 is 0 Å². The molecule has 1 atom stereocenters. The summed E-state index contributed by atoms with van der Waals surface area (Å²) in [6.45, 7) is 2.15. The summed E-state index contributed by atoms with van der Waals surface area (Å²) in [5.74, 6) is 0.851. The summed E-state index contributed by atoms with van der Waals surface area (Å²) in [4.78, 5) is 11.5. The van der Waals surface area contributed by atoms with Crippen molar-refractivity contribution in [2.75, 3.05) is 0 Å². The van der Waals surface area contributed by atoms with Crippen LogP contribution in [0.1, 0.15) is 39.0 Å². The van der Waals surface area contributed by atoms with Crippen molar-refractivity contribution in [3.05, 3.63) is 23.5 Å². The molecule has 0 saturated carbocycles. The van der Waals surface area contributed by atoms with E-state index in [1.54, 1.807) is 0 Å². The molecule has 0 saturated heterocycles. The molecule has 1 aliphatic heterocycles. The van der Waals surface area contributed by atoms with E-state index in [0.717, 1.165) is 37.9 Å². The summed E-state index contributed by atoms with van der Waals surface area (Å²) < 4.78 is 5.30. The SMILES string of the molecule is CCCCC1=C2CCC=CC2C(=O)O1. The molecule has 2 aliphatic rings. The molecule has 0 aromatic heterocycles. The van der Waals surface area contributed by atoms with Gasteiger partial charge in [0.2, 0.25) is 0 Å². The topological polar surface area (TPSA) is 26.3 Å². The number of ether oxygens (including phenoxy) is 1. The van der Waals surface area contributed by atoms with Crippen LogP contribution in [-0.4, -0.2) is 5.97 Å². The fraction of sp³-hybridized carbons (Fsp3) is 0.583. The third-order valence-electron chi connectivity index (χ3n) is 2.88. The van der Waals surface area contributed by atoms with Gasteiger partial charge in [-0.2, -0.15) is 0 Å². The molecule has 0 bridgehead atoms. The van der Waals surface area contributed by atoms with E-state index in [-0.39, 0.29) is 11.9 Å². The predicted octanol–water partition coefficient (Wildman–Crippen LogP) is 2.95. The molecular weight excluding hydrogens is 176 g/mol. The Hall–Kier alpha value is -1.05. The summed E-state index contributed by atoms with van der Waals surface area (Å²) in [7, 11) is 0. The van der Waals surface area contributed by atoms with Gasteiger partial charge in [-0.1, -0.05) is 25.5 Å². The van der Waals surface area contributed by atoms with E-state index in [1.807, 2.05) is 6.08 Å². The monoisotopic (exact) mass is 192 g/mol. The van der Waals surface area contributed by atoms with Gasteiger partial charge in [0.05, 0.1) is 5.92 Å². The van der Waals surface area contributed by atoms with Crippen LogP contribution in [0.15, 0.2) is 23.5 Å². The number of hydrogen-bond acceptors (Lipinski definition) is 2. The van der Waals surface area contributed by atoms with Crippen LogP contribution in [0, 0.1) is 5.92 Å². The van der Waals surface area contributed by atoms with Crippen LogP contribution >= 0.6 is 0 Å². The van der Waals surface area contributed by atoms with Gasteiger partial charge in [-0.15, -0.1) is 0 Å². The number of hydrogen-bond donors (Lipinski definition) is 0. The van der Waals surface area contributed by atoms with Crippen LogP contribution in [0.3, 0.4) is 0 Å². The Kier molecular flexibility index (Phi) is 2.71. The standard InChI is InChI=1S/C12H16O2/c1-2-3-8-11-9-6-4-5-7-10(9)12(13)14-11/h5,7,10H,2-4,6,8H2,1H3. The first-order chi connectivity index (χ1) is 6.83. The zero-order valence-corrected chi connectivity index (χ0v) is 8.58. The van der Waals surface area contributed by atoms with Gasteiger partial charge in [-0.25, -0.2) is 0 Å². The molecule has 0 spiro atoms. The second-order valence-electron chi connectivity index (χ2n) is 3.92. The van der Waals surface area contributed by atoms with E-state index in [0.29, 0.717) is 0 Å². The molecule has 2 nitrogen and oxygen atoms in total. The Bertz CT molecular complexity index is 299. The summed E-state index contributed by atoms with van der Waals surface area (Å²) in [6.07, 6.45) is 9.32. The van der Waals surface area contributed by atoms with Crippen LogP contribution in [0.25, 0.3) is 0 Å². The Morgan fingerprint density at radius 3 is 3.21 bits per heavy atom. The lowest BCUT2D eigenvalue weighted by atomic mass is 9.90. The van der Waals surface area contributed by atoms with Crippen molar-refractivity contribution in [3.8, 4) is 0 Å². The van der Waals surface area contributed by atoms with Crippen molar-refractivity contribution < 1.29 is 9.53 Å². The van der Waals surface area contributed by atoms with Gasteiger partial charge in [0.25, 0.3) is 0 Å². The van der Waals surface area contributed by atoms with Crippen molar-refractivity contribution in [2.24, 2.45) is 5.92 Å². The van der Waals surface area contributed by atoms with Gasteiger partial charge in [-0.3, -0.25) is 4.79 Å². The number of unbranched alkanes of at least 4 members (excludes halogenated alkanes) is 1. The average molecular weight is 192 g/mol. The van der Waals surface area contributed by atoms with Crippen LogP contribution in [0.5, 0.6) is 0 Å². The van der Waals surface area contributed by atoms with Crippen LogP contribution < -0.4 is 0 Å². The van der Waals surface area contributed by atoms with Crippen molar-refractivity contribution in [2.45, 2.75) is 39.0 Å². The summed E-state index contributed by atoms with van der Waals surface area (Å²) >= 11 is 0. The maximum atomic E-state index is 11.5. The Balaban J connectivity index is 2.15. The normalized spacial score (nSPS) is 25.2. The Morgan fingerprint density at radius 1 is 1.57 bits per heavy atom. The van der Waals surface area contributed by atoms with Gasteiger partial charge in [0.15, 0.2) is 0 Å². The highest BCUT2D eigenvalue weighted by Gasteiger charge is 2.33. The Labute approximate surface area is 84.6 Å². The molecule has 14 heavy (non-hydrogen) atoms. The molecule has 1 unspecified atom stereocenters. The number of carbonyl (C=O) groups is 1. The largest absolute Gasteiger partial charge is 0.430 e. The number of fused-ring (bicyclic) bond motifs is 1. The molecule has 2 heteroatoms. The van der Waals surface area contributed by atoms with E-state index in [9.17, 15) is 4.79 Å². The average Bonchev–Trinajstić information content (AvgIpc) is 2.54. The molecule has 1 heterocycles. The van der Waals surface area contributed by atoms with E-state index >= 15 is 0 Å². The minimum absolute atomic E-state index is 0.0457. The van der Waals surface area contributed by atoms with Crippen molar-refractivity contribution in [1.82, 2.24) is 0 Å². The van der Waals surface area contributed by atoms with Crippen LogP contribution in [0.2, 0.25) is 0 Å². The van der Waals surface area contributed by atoms with Crippen LogP contribution in [0.4, 0.5) is 0 Å². The molecule has 2 rings (SSSR count). The maximum absolute atomic E-state index is 11.5. The van der Waals surface area contributed by atoms with Crippen molar-refractivity contribution >= 4 is 5.97 Å². The highest BCUT2D eigenvalue weighted by Crippen LogP contribution is 2.36. The number of carbonyl (C=O) groups excluding carboxylic acids is 1. The van der Waals surface area contributed by atoms with Crippen molar-refractivity contribution in [3.63, 3.8) is 0 Å². The minimum atomic E-state index is -0.0675. The van der Waals surface area contributed by atoms with Crippen molar-refractivity contribution in [1.29, 1.82) is 0 Å². The minimum Gasteiger partial charge on any atom is -0.430 e. The maximum Gasteiger partial charge on any atom is 0.322 e. The second-order valence-corrected chi connectivity index (χ2v) is 3.92. The predicted molar refractivity (Wildman–Crippen MR) is 54.5 cm³/mol. The molecule has 0 aromatic rings. The van der Waals surface area contributed by atoms with Gasteiger partial charge in [0, 0.05) is 6.42 Å². The lowest BCUT2D eigenvalue weighted by molar-refractivity contribution is -0.139. The molecule has 0 fully saturated rings. The molecule has 76 valence electrons. The number of allylic oxidation sites excluding steroid dienone is 2. The summed E-state index contributed by atoms with van der Waals surface area (Å²) in [6, 6.07) is 0. The third kappa shape index (κ3) is 1.61. The lowest BCUT2D eigenvalue weighted by Crippen LogP contribution is -2.10. The zero-order valence-electron chi connectivity index (χ0n) is 8.58. The fourth-order valence-electron chi connectivity index (χ4n) is 2.08. The number of esters is 1. The van der Waals surface area contributed by atoms with Gasteiger partial charge >= 0.3 is 5.97 Å². The number of cyclic esters (lactones) is 1. The molecule has 0 aromatic carbocycles. The first-order valence-electron chi connectivity index (χ1n) is 5.43. The fourth-order valence-corrected chi connectivity index (χ4v) is 2.08. The van der Waals surface area contributed by atoms with E-state index in [2.05, 4.69) is 13.0 Å². The molecular formula is C12H16O2. The van der Waals surface area contributed by atoms with Crippen LogP contribution in [-0.2, 0) is 9.53 Å². The smallest absolute Gasteiger partial charge is 0.322 e.